The molecular weight excluding hydrogens is 194 g/mol. The van der Waals surface area contributed by atoms with Crippen LogP contribution in [0.2, 0.25) is 0 Å². The molecule has 0 spiro atoms. The highest BCUT2D eigenvalue weighted by molar-refractivity contribution is 5.97. The molecule has 1 amide bonds. The third-order valence-electron chi connectivity index (χ3n) is 2.42. The maximum absolute atomic E-state index is 11.4. The van der Waals surface area contributed by atoms with E-state index in [1.165, 1.54) is 0 Å². The average molecular weight is 207 g/mol. The first-order valence-electron chi connectivity index (χ1n) is 4.73. The number of anilines is 1. The van der Waals surface area contributed by atoms with Crippen molar-refractivity contribution in [2.75, 3.05) is 25.7 Å². The van der Waals surface area contributed by atoms with E-state index < -0.39 is 0 Å². The molecular formula is C11H13NO3. The van der Waals surface area contributed by atoms with Crippen LogP contribution in [0.1, 0.15) is 5.56 Å². The van der Waals surface area contributed by atoms with Crippen LogP contribution in [0, 0.1) is 0 Å². The second kappa shape index (κ2) is 3.90. The van der Waals surface area contributed by atoms with Crippen molar-refractivity contribution < 1.29 is 14.3 Å². The Hall–Kier alpha value is -1.55. The number of hydrogen-bond acceptors (Lipinski definition) is 3. The van der Waals surface area contributed by atoms with Gasteiger partial charge in [-0.15, -0.1) is 0 Å². The maximum Gasteiger partial charge on any atom is 0.264 e. The van der Waals surface area contributed by atoms with Crippen LogP contribution in [-0.2, 0) is 16.1 Å². The average Bonchev–Trinajstić information content (AvgIpc) is 2.25. The van der Waals surface area contributed by atoms with Gasteiger partial charge < -0.3 is 14.4 Å². The number of rotatable bonds is 2. The Bertz CT molecular complexity index is 389. The van der Waals surface area contributed by atoms with Crippen molar-refractivity contribution in [2.24, 2.45) is 0 Å². The number of nitrogens with zero attached hydrogens (tertiary/aromatic N) is 1. The van der Waals surface area contributed by atoms with Crippen molar-refractivity contribution in [3.8, 4) is 5.75 Å². The third-order valence-corrected chi connectivity index (χ3v) is 2.42. The molecule has 1 aliphatic rings. The van der Waals surface area contributed by atoms with Crippen LogP contribution in [0.4, 0.5) is 5.69 Å². The van der Waals surface area contributed by atoms with E-state index in [-0.39, 0.29) is 12.5 Å². The van der Waals surface area contributed by atoms with Crippen molar-refractivity contribution in [1.29, 1.82) is 0 Å². The molecule has 0 aromatic heterocycles. The molecule has 1 aliphatic heterocycles. The minimum atomic E-state index is -0.0305. The standard InChI is InChI=1S/C11H13NO3/c1-12-9-5-8(6-14-2)3-4-10(9)15-7-11(12)13/h3-5H,6-7H2,1-2H3. The third kappa shape index (κ3) is 1.80. The van der Waals surface area contributed by atoms with Gasteiger partial charge in [0.15, 0.2) is 6.61 Å². The zero-order chi connectivity index (χ0) is 10.8. The topological polar surface area (TPSA) is 38.8 Å². The SMILES string of the molecule is COCc1ccc2c(c1)N(C)C(=O)CO2. The van der Waals surface area contributed by atoms with Crippen molar-refractivity contribution in [3.05, 3.63) is 23.8 Å². The molecule has 0 atom stereocenters. The summed E-state index contributed by atoms with van der Waals surface area (Å²) in [6.45, 7) is 0.655. The van der Waals surface area contributed by atoms with Crippen molar-refractivity contribution in [1.82, 2.24) is 0 Å². The number of fused-ring (bicyclic) bond motifs is 1. The van der Waals surface area contributed by atoms with Crippen LogP contribution in [-0.4, -0.2) is 26.7 Å². The molecule has 15 heavy (non-hydrogen) atoms. The van der Waals surface area contributed by atoms with Crippen LogP contribution in [0.3, 0.4) is 0 Å². The molecule has 0 fully saturated rings. The minimum Gasteiger partial charge on any atom is -0.482 e. The Morgan fingerprint density at radius 2 is 2.33 bits per heavy atom. The van der Waals surface area contributed by atoms with Gasteiger partial charge in [0.1, 0.15) is 5.75 Å². The molecule has 0 unspecified atom stereocenters. The van der Waals surface area contributed by atoms with Crippen LogP contribution < -0.4 is 9.64 Å². The Morgan fingerprint density at radius 3 is 3.07 bits per heavy atom. The molecule has 4 heteroatoms. The van der Waals surface area contributed by atoms with Gasteiger partial charge in [0, 0.05) is 14.2 Å². The summed E-state index contributed by atoms with van der Waals surface area (Å²) in [5.41, 5.74) is 1.84. The van der Waals surface area contributed by atoms with Crippen molar-refractivity contribution in [2.45, 2.75) is 6.61 Å². The van der Waals surface area contributed by atoms with Gasteiger partial charge in [-0.3, -0.25) is 4.79 Å². The zero-order valence-electron chi connectivity index (χ0n) is 8.82. The number of ether oxygens (including phenoxy) is 2. The second-order valence-electron chi connectivity index (χ2n) is 3.48. The van der Waals surface area contributed by atoms with Gasteiger partial charge >= 0.3 is 0 Å². The lowest BCUT2D eigenvalue weighted by Crippen LogP contribution is -2.35. The smallest absolute Gasteiger partial charge is 0.264 e. The summed E-state index contributed by atoms with van der Waals surface area (Å²) in [6, 6.07) is 5.72. The number of methoxy groups -OCH3 is 1. The van der Waals surface area contributed by atoms with Crippen LogP contribution in [0.25, 0.3) is 0 Å². The largest absolute Gasteiger partial charge is 0.482 e. The van der Waals surface area contributed by atoms with Crippen molar-refractivity contribution in [3.63, 3.8) is 0 Å². The minimum absolute atomic E-state index is 0.0305. The molecule has 0 bridgehead atoms. The number of hydrogen-bond donors (Lipinski definition) is 0. The first-order chi connectivity index (χ1) is 7.22. The summed E-state index contributed by atoms with van der Waals surface area (Å²) in [5, 5.41) is 0. The quantitative estimate of drug-likeness (QED) is 0.731. The Morgan fingerprint density at radius 1 is 1.53 bits per heavy atom. The first kappa shape index (κ1) is 9.98. The van der Waals surface area contributed by atoms with Gasteiger partial charge in [-0.25, -0.2) is 0 Å². The number of benzene rings is 1. The van der Waals surface area contributed by atoms with Gasteiger partial charge in [0.25, 0.3) is 5.91 Å². The molecule has 0 radical (unpaired) electrons. The van der Waals surface area contributed by atoms with E-state index in [0.29, 0.717) is 6.61 Å². The van der Waals surface area contributed by atoms with Gasteiger partial charge in [-0.2, -0.15) is 0 Å². The fraction of sp³-hybridized carbons (Fsp3) is 0.364. The molecule has 0 saturated heterocycles. The predicted molar refractivity (Wildman–Crippen MR) is 56.1 cm³/mol. The van der Waals surface area contributed by atoms with Crippen molar-refractivity contribution >= 4 is 11.6 Å². The molecule has 0 N–H and O–H groups in total. The summed E-state index contributed by atoms with van der Waals surface area (Å²) < 4.78 is 10.3. The zero-order valence-corrected chi connectivity index (χ0v) is 8.82. The predicted octanol–water partition coefficient (Wildman–Crippen LogP) is 1.19. The van der Waals surface area contributed by atoms with Gasteiger partial charge in [0.05, 0.1) is 12.3 Å². The molecule has 0 saturated carbocycles. The molecule has 4 nitrogen and oxygen atoms in total. The lowest BCUT2D eigenvalue weighted by molar-refractivity contribution is -0.120. The first-order valence-corrected chi connectivity index (χ1v) is 4.73. The van der Waals surface area contributed by atoms with E-state index >= 15 is 0 Å². The molecule has 80 valence electrons. The Kier molecular flexibility index (Phi) is 2.60. The molecule has 1 aromatic rings. The fourth-order valence-corrected chi connectivity index (χ4v) is 1.57. The second-order valence-corrected chi connectivity index (χ2v) is 3.48. The summed E-state index contributed by atoms with van der Waals surface area (Å²) in [5.74, 6) is 0.717. The number of likely N-dealkylation sites (N-methyl/N-ethyl adjacent to an activating group) is 1. The summed E-state index contributed by atoms with van der Waals surface area (Å²) in [4.78, 5) is 13.0. The number of amides is 1. The molecule has 2 rings (SSSR count). The van der Waals surface area contributed by atoms with Gasteiger partial charge in [-0.05, 0) is 17.7 Å². The molecule has 1 heterocycles. The van der Waals surface area contributed by atoms with E-state index in [2.05, 4.69) is 0 Å². The Labute approximate surface area is 88.4 Å². The highest BCUT2D eigenvalue weighted by Gasteiger charge is 2.21. The highest BCUT2D eigenvalue weighted by atomic mass is 16.5. The van der Waals surface area contributed by atoms with E-state index in [1.54, 1.807) is 19.1 Å². The van der Waals surface area contributed by atoms with Gasteiger partial charge in [-0.1, -0.05) is 6.07 Å². The van der Waals surface area contributed by atoms with Crippen LogP contribution in [0.5, 0.6) is 5.75 Å². The van der Waals surface area contributed by atoms with E-state index in [0.717, 1.165) is 17.0 Å². The maximum atomic E-state index is 11.4. The summed E-state index contributed by atoms with van der Waals surface area (Å²) in [6.07, 6.45) is 0. The highest BCUT2D eigenvalue weighted by Crippen LogP contribution is 2.31. The summed E-state index contributed by atoms with van der Waals surface area (Å²) in [7, 11) is 3.39. The summed E-state index contributed by atoms with van der Waals surface area (Å²) >= 11 is 0. The van der Waals surface area contributed by atoms with Gasteiger partial charge in [0.2, 0.25) is 0 Å². The lowest BCUT2D eigenvalue weighted by Gasteiger charge is -2.26. The fourth-order valence-electron chi connectivity index (χ4n) is 1.57. The number of carbonyl (C=O) groups excluding carboxylic acids is 1. The van der Waals surface area contributed by atoms with E-state index in [9.17, 15) is 4.79 Å². The monoisotopic (exact) mass is 207 g/mol. The molecule has 0 aliphatic carbocycles. The number of carbonyl (C=O) groups is 1. The Balaban J connectivity index is 2.36. The normalized spacial score (nSPS) is 14.8. The molecule has 1 aromatic carbocycles. The van der Waals surface area contributed by atoms with E-state index in [1.807, 2.05) is 18.2 Å². The van der Waals surface area contributed by atoms with Crippen LogP contribution in [0.15, 0.2) is 18.2 Å². The van der Waals surface area contributed by atoms with E-state index in [4.69, 9.17) is 9.47 Å². The van der Waals surface area contributed by atoms with Crippen LogP contribution >= 0.6 is 0 Å². The lowest BCUT2D eigenvalue weighted by atomic mass is 10.1.